The first kappa shape index (κ1) is 7.47. The molecule has 0 spiro atoms. The van der Waals surface area contributed by atoms with Crippen molar-refractivity contribution in [1.82, 2.24) is 0 Å². The fraction of sp³-hybridized carbons (Fsp3) is 0. The number of rotatable bonds is 1. The van der Waals surface area contributed by atoms with E-state index in [0.29, 0.717) is 17.1 Å². The fourth-order valence-corrected chi connectivity index (χ4v) is 0.862. The molecule has 11 heavy (non-hydrogen) atoms. The summed E-state index contributed by atoms with van der Waals surface area (Å²) in [6, 6.07) is 5.14. The van der Waals surface area contributed by atoms with Gasteiger partial charge < -0.3 is 17.2 Å². The highest BCUT2D eigenvalue weighted by Crippen LogP contribution is 2.16. The third kappa shape index (κ3) is 1.64. The van der Waals surface area contributed by atoms with Gasteiger partial charge in [0.2, 0.25) is 0 Å². The van der Waals surface area contributed by atoms with Crippen molar-refractivity contribution in [3.05, 3.63) is 30.3 Å². The molecule has 0 atom stereocenters. The van der Waals surface area contributed by atoms with E-state index in [4.69, 9.17) is 17.2 Å². The molecule has 0 fully saturated rings. The van der Waals surface area contributed by atoms with Crippen LogP contribution in [0.2, 0.25) is 0 Å². The summed E-state index contributed by atoms with van der Waals surface area (Å²) in [5, 5.41) is 0. The lowest BCUT2D eigenvalue weighted by molar-refractivity contribution is 1.53. The number of anilines is 2. The Morgan fingerprint density at radius 3 is 1.91 bits per heavy atom. The lowest BCUT2D eigenvalue weighted by Gasteiger charge is -2.02. The zero-order valence-corrected chi connectivity index (χ0v) is 6.17. The minimum atomic E-state index is 0.476. The van der Waals surface area contributed by atoms with Crippen LogP contribution < -0.4 is 17.2 Å². The standard InChI is InChI=1S/C8H11N3/c1-5(9)6-2-7(10)4-8(11)3-6/h2-4H,1,9-11H2. The van der Waals surface area contributed by atoms with Gasteiger partial charge in [0, 0.05) is 22.6 Å². The Labute approximate surface area is 65.5 Å². The average molecular weight is 149 g/mol. The van der Waals surface area contributed by atoms with Gasteiger partial charge in [-0.1, -0.05) is 6.58 Å². The fourth-order valence-electron chi connectivity index (χ4n) is 0.862. The van der Waals surface area contributed by atoms with E-state index in [9.17, 15) is 0 Å². The maximum atomic E-state index is 5.52. The molecule has 1 aromatic carbocycles. The van der Waals surface area contributed by atoms with E-state index in [1.165, 1.54) is 0 Å². The number of benzene rings is 1. The maximum absolute atomic E-state index is 5.52. The van der Waals surface area contributed by atoms with Gasteiger partial charge in [-0.05, 0) is 18.2 Å². The van der Waals surface area contributed by atoms with Crippen LogP contribution in [0.5, 0.6) is 0 Å². The minimum Gasteiger partial charge on any atom is -0.399 e. The second-order valence-electron chi connectivity index (χ2n) is 2.41. The molecule has 0 heterocycles. The third-order valence-electron chi connectivity index (χ3n) is 1.35. The Balaban J connectivity index is 3.19. The van der Waals surface area contributed by atoms with Crippen LogP contribution in [-0.2, 0) is 0 Å². The summed E-state index contributed by atoms with van der Waals surface area (Å²) < 4.78 is 0. The topological polar surface area (TPSA) is 78.1 Å². The van der Waals surface area contributed by atoms with Crippen molar-refractivity contribution in [2.75, 3.05) is 11.5 Å². The molecule has 0 bridgehead atoms. The van der Waals surface area contributed by atoms with E-state index >= 15 is 0 Å². The van der Waals surface area contributed by atoms with E-state index in [2.05, 4.69) is 6.58 Å². The van der Waals surface area contributed by atoms with Crippen LogP contribution in [0.25, 0.3) is 5.70 Å². The number of hydrogen-bond acceptors (Lipinski definition) is 3. The average Bonchev–Trinajstić information content (AvgIpc) is 1.85. The van der Waals surface area contributed by atoms with Crippen LogP contribution in [0.15, 0.2) is 24.8 Å². The molecule has 1 aromatic rings. The van der Waals surface area contributed by atoms with Gasteiger partial charge >= 0.3 is 0 Å². The van der Waals surface area contributed by atoms with E-state index in [1.807, 2.05) is 0 Å². The smallest absolute Gasteiger partial charge is 0.0341 e. The van der Waals surface area contributed by atoms with Crippen molar-refractivity contribution < 1.29 is 0 Å². The molecule has 0 aliphatic rings. The highest BCUT2D eigenvalue weighted by molar-refractivity contribution is 5.68. The Bertz CT molecular complexity index is 271. The molecule has 0 amide bonds. The summed E-state index contributed by atoms with van der Waals surface area (Å²) in [6.45, 7) is 3.57. The molecule has 58 valence electrons. The van der Waals surface area contributed by atoms with Crippen LogP contribution in [0, 0.1) is 0 Å². The molecule has 0 radical (unpaired) electrons. The van der Waals surface area contributed by atoms with Gasteiger partial charge in [-0.25, -0.2) is 0 Å². The highest BCUT2D eigenvalue weighted by Gasteiger charge is 1.96. The van der Waals surface area contributed by atoms with Gasteiger partial charge in [0.05, 0.1) is 0 Å². The molecule has 3 nitrogen and oxygen atoms in total. The monoisotopic (exact) mass is 149 g/mol. The summed E-state index contributed by atoms with van der Waals surface area (Å²) in [5.74, 6) is 0. The first-order valence-electron chi connectivity index (χ1n) is 3.20. The summed E-state index contributed by atoms with van der Waals surface area (Å²) in [6.07, 6.45) is 0. The van der Waals surface area contributed by atoms with Gasteiger partial charge in [-0.2, -0.15) is 0 Å². The summed E-state index contributed by atoms with van der Waals surface area (Å²) in [7, 11) is 0. The number of hydrogen-bond donors (Lipinski definition) is 3. The van der Waals surface area contributed by atoms with Gasteiger partial charge in [0.1, 0.15) is 0 Å². The van der Waals surface area contributed by atoms with E-state index < -0.39 is 0 Å². The van der Waals surface area contributed by atoms with Crippen LogP contribution in [0.4, 0.5) is 11.4 Å². The molecule has 6 N–H and O–H groups in total. The van der Waals surface area contributed by atoms with Crippen molar-refractivity contribution in [3.8, 4) is 0 Å². The molecule has 0 saturated carbocycles. The number of nitrogen functional groups attached to an aromatic ring is 2. The second-order valence-corrected chi connectivity index (χ2v) is 2.41. The highest BCUT2D eigenvalue weighted by atomic mass is 14.6. The number of nitrogens with two attached hydrogens (primary N) is 3. The van der Waals surface area contributed by atoms with Crippen LogP contribution in [0.3, 0.4) is 0 Å². The van der Waals surface area contributed by atoms with Crippen LogP contribution in [0.1, 0.15) is 5.56 Å². The van der Waals surface area contributed by atoms with Crippen LogP contribution in [-0.4, -0.2) is 0 Å². The molecule has 3 heteroatoms. The minimum absolute atomic E-state index is 0.476. The van der Waals surface area contributed by atoms with E-state index in [0.717, 1.165) is 5.56 Å². The largest absolute Gasteiger partial charge is 0.399 e. The SMILES string of the molecule is C=C(N)c1cc(N)cc(N)c1. The molecule has 0 aliphatic heterocycles. The zero-order chi connectivity index (χ0) is 8.43. The van der Waals surface area contributed by atoms with E-state index in [-0.39, 0.29) is 0 Å². The zero-order valence-electron chi connectivity index (χ0n) is 6.17. The first-order valence-corrected chi connectivity index (χ1v) is 3.20. The van der Waals surface area contributed by atoms with Crippen molar-refractivity contribution in [2.24, 2.45) is 5.73 Å². The van der Waals surface area contributed by atoms with E-state index in [1.54, 1.807) is 18.2 Å². The van der Waals surface area contributed by atoms with Crippen molar-refractivity contribution in [3.63, 3.8) is 0 Å². The molecule has 0 aromatic heterocycles. The molecule has 0 saturated heterocycles. The predicted octanol–water partition coefficient (Wildman–Crippen LogP) is 0.780. The maximum Gasteiger partial charge on any atom is 0.0341 e. The molecule has 1 rings (SSSR count). The quantitative estimate of drug-likeness (QED) is 0.516. The normalized spacial score (nSPS) is 9.45. The molecule has 0 unspecified atom stereocenters. The molecular formula is C8H11N3. The van der Waals surface area contributed by atoms with Gasteiger partial charge in [-0.15, -0.1) is 0 Å². The first-order chi connectivity index (χ1) is 5.09. The second kappa shape index (κ2) is 2.54. The molecular weight excluding hydrogens is 138 g/mol. The lowest BCUT2D eigenvalue weighted by Crippen LogP contribution is -1.97. The molecule has 0 aliphatic carbocycles. The Morgan fingerprint density at radius 2 is 1.55 bits per heavy atom. The Kier molecular flexibility index (Phi) is 1.72. The van der Waals surface area contributed by atoms with Gasteiger partial charge in [0.25, 0.3) is 0 Å². The van der Waals surface area contributed by atoms with Crippen LogP contribution >= 0.6 is 0 Å². The van der Waals surface area contributed by atoms with Crippen molar-refractivity contribution >= 4 is 17.1 Å². The van der Waals surface area contributed by atoms with Crippen molar-refractivity contribution in [2.45, 2.75) is 0 Å². The predicted molar refractivity (Wildman–Crippen MR) is 48.5 cm³/mol. The van der Waals surface area contributed by atoms with Crippen molar-refractivity contribution in [1.29, 1.82) is 0 Å². The Morgan fingerprint density at radius 1 is 1.09 bits per heavy atom. The summed E-state index contributed by atoms with van der Waals surface area (Å²) in [5.41, 5.74) is 18.9. The lowest BCUT2D eigenvalue weighted by atomic mass is 10.1. The van der Waals surface area contributed by atoms with Gasteiger partial charge in [-0.3, -0.25) is 0 Å². The summed E-state index contributed by atoms with van der Waals surface area (Å²) in [4.78, 5) is 0. The Hall–Kier alpha value is -1.64. The summed E-state index contributed by atoms with van der Waals surface area (Å²) >= 11 is 0. The third-order valence-corrected chi connectivity index (χ3v) is 1.35. The van der Waals surface area contributed by atoms with Gasteiger partial charge in [0.15, 0.2) is 0 Å².